The summed E-state index contributed by atoms with van der Waals surface area (Å²) < 4.78 is 4.39. The molecule has 22 heavy (non-hydrogen) atoms. The van der Waals surface area contributed by atoms with E-state index in [-0.39, 0.29) is 11.3 Å². The Bertz CT molecular complexity index is 902. The van der Waals surface area contributed by atoms with Gasteiger partial charge in [-0.15, -0.1) is 0 Å². The van der Waals surface area contributed by atoms with Gasteiger partial charge in [-0.1, -0.05) is 18.2 Å². The minimum atomic E-state index is -0.238. The predicted octanol–water partition coefficient (Wildman–Crippen LogP) is 3.42. The molecule has 4 rings (SSSR count). The van der Waals surface area contributed by atoms with Crippen molar-refractivity contribution in [2.24, 2.45) is 7.05 Å². The van der Waals surface area contributed by atoms with Crippen LogP contribution in [0.2, 0.25) is 0 Å². The van der Waals surface area contributed by atoms with E-state index >= 15 is 0 Å². The van der Waals surface area contributed by atoms with Crippen molar-refractivity contribution in [2.75, 3.05) is 0 Å². The van der Waals surface area contributed by atoms with Crippen LogP contribution in [0.3, 0.4) is 0 Å². The Hall–Kier alpha value is -2.36. The molecule has 1 aliphatic carbocycles. The smallest absolute Gasteiger partial charge is 0.165 e. The minimum absolute atomic E-state index is 0.238. The molecule has 0 N–H and O–H groups in total. The van der Waals surface area contributed by atoms with Gasteiger partial charge in [0.05, 0.1) is 11.2 Å². The second-order valence-electron chi connectivity index (χ2n) is 6.34. The molecule has 2 heterocycles. The molecule has 0 aliphatic heterocycles. The van der Waals surface area contributed by atoms with E-state index < -0.39 is 0 Å². The number of aromatic nitrogens is 3. The third kappa shape index (κ3) is 1.52. The lowest BCUT2D eigenvalue weighted by Gasteiger charge is -2.37. The molecule has 0 fully saturated rings. The molecule has 0 amide bonds. The largest absolute Gasteiger partial charge is 0.345 e. The van der Waals surface area contributed by atoms with Gasteiger partial charge in [0, 0.05) is 42.3 Å². The Morgan fingerprint density at radius 2 is 2.05 bits per heavy atom. The fourth-order valence-electron chi connectivity index (χ4n) is 4.04. The number of hydrogen-bond acceptors (Lipinski definition) is 2. The number of carbonyl (C=O) groups is 1. The number of benzene rings is 1. The quantitative estimate of drug-likeness (QED) is 0.689. The molecule has 1 aliphatic rings. The summed E-state index contributed by atoms with van der Waals surface area (Å²) >= 11 is 0. The summed E-state index contributed by atoms with van der Waals surface area (Å²) in [7, 11) is 2.06. The Morgan fingerprint density at radius 3 is 2.77 bits per heavy atom. The van der Waals surface area contributed by atoms with Crippen molar-refractivity contribution in [1.82, 2.24) is 14.1 Å². The van der Waals surface area contributed by atoms with Crippen LogP contribution in [0.4, 0.5) is 0 Å². The summed E-state index contributed by atoms with van der Waals surface area (Å²) in [6.45, 7) is 4.23. The van der Waals surface area contributed by atoms with Crippen molar-refractivity contribution in [3.8, 4) is 0 Å². The highest BCUT2D eigenvalue weighted by atomic mass is 16.1. The number of nitrogens with zero attached hydrogens (tertiary/aromatic N) is 3. The molecular weight excluding hydrogens is 274 g/mol. The molecular formula is C18H19N3O. The van der Waals surface area contributed by atoms with Gasteiger partial charge in [0.1, 0.15) is 5.82 Å². The maximum atomic E-state index is 12.6. The number of imidazole rings is 1. The maximum absolute atomic E-state index is 12.6. The van der Waals surface area contributed by atoms with Gasteiger partial charge in [0.2, 0.25) is 0 Å². The fraction of sp³-hybridized carbons (Fsp3) is 0.333. The van der Waals surface area contributed by atoms with E-state index in [0.29, 0.717) is 6.42 Å². The number of rotatable bonds is 1. The normalized spacial score (nSPS) is 21.3. The number of carbonyl (C=O) groups excluding carboxylic acids is 1. The number of para-hydroxylation sites is 1. The van der Waals surface area contributed by atoms with Crippen molar-refractivity contribution in [3.05, 3.63) is 53.7 Å². The molecule has 0 spiro atoms. The molecule has 4 heteroatoms. The Balaban J connectivity index is 2.12. The van der Waals surface area contributed by atoms with Crippen LogP contribution in [-0.2, 0) is 12.6 Å². The third-order valence-corrected chi connectivity index (χ3v) is 5.09. The summed E-state index contributed by atoms with van der Waals surface area (Å²) in [5.74, 6) is 1.23. The fourth-order valence-corrected chi connectivity index (χ4v) is 4.04. The monoisotopic (exact) mass is 293 g/mol. The van der Waals surface area contributed by atoms with Crippen molar-refractivity contribution in [1.29, 1.82) is 0 Å². The standard InChI is InChI=1S/C18H19N3O/c1-12-19-10-11-21(12)18(2)9-8-15(22)16-13-6-4-5-7-14(13)20(3)17(16)18/h4-7,10-11H,8-9H2,1-3H3. The first-order chi connectivity index (χ1) is 10.5. The molecule has 0 saturated heterocycles. The van der Waals surface area contributed by atoms with Crippen LogP contribution in [0.15, 0.2) is 36.7 Å². The zero-order valence-corrected chi connectivity index (χ0v) is 13.1. The molecule has 1 unspecified atom stereocenters. The number of fused-ring (bicyclic) bond motifs is 3. The molecule has 1 atom stereocenters. The van der Waals surface area contributed by atoms with E-state index in [1.54, 1.807) is 0 Å². The second-order valence-corrected chi connectivity index (χ2v) is 6.34. The van der Waals surface area contributed by atoms with Gasteiger partial charge in [0.15, 0.2) is 5.78 Å². The van der Waals surface area contributed by atoms with E-state index in [9.17, 15) is 4.79 Å². The van der Waals surface area contributed by atoms with E-state index in [4.69, 9.17) is 0 Å². The van der Waals surface area contributed by atoms with Gasteiger partial charge >= 0.3 is 0 Å². The van der Waals surface area contributed by atoms with Crippen LogP contribution in [0.1, 0.15) is 41.6 Å². The van der Waals surface area contributed by atoms with Gasteiger partial charge in [-0.3, -0.25) is 4.79 Å². The van der Waals surface area contributed by atoms with Crippen LogP contribution in [0.25, 0.3) is 10.9 Å². The van der Waals surface area contributed by atoms with Crippen molar-refractivity contribution in [2.45, 2.75) is 32.2 Å². The average Bonchev–Trinajstić information content (AvgIpc) is 3.07. The Labute approximate surface area is 129 Å². The zero-order valence-electron chi connectivity index (χ0n) is 13.1. The van der Waals surface area contributed by atoms with Gasteiger partial charge < -0.3 is 9.13 Å². The summed E-state index contributed by atoms with van der Waals surface area (Å²) in [5.41, 5.74) is 2.87. The van der Waals surface area contributed by atoms with Gasteiger partial charge in [-0.25, -0.2) is 4.98 Å². The molecule has 1 aromatic carbocycles. The van der Waals surface area contributed by atoms with Crippen LogP contribution in [-0.4, -0.2) is 19.9 Å². The summed E-state index contributed by atoms with van der Waals surface area (Å²) in [5, 5.41) is 1.06. The number of Topliss-reactive ketones (excluding diaryl/α,β-unsaturated/α-hetero) is 1. The van der Waals surface area contributed by atoms with Crippen molar-refractivity contribution in [3.63, 3.8) is 0 Å². The number of aryl methyl sites for hydroxylation is 2. The lowest BCUT2D eigenvalue weighted by atomic mass is 9.80. The van der Waals surface area contributed by atoms with E-state index in [0.717, 1.165) is 34.4 Å². The molecule has 0 radical (unpaired) electrons. The second kappa shape index (κ2) is 4.32. The number of ketones is 1. The minimum Gasteiger partial charge on any atom is -0.345 e. The first kappa shape index (κ1) is 13.3. The van der Waals surface area contributed by atoms with Gasteiger partial charge in [-0.2, -0.15) is 0 Å². The topological polar surface area (TPSA) is 39.8 Å². The average molecular weight is 293 g/mol. The molecule has 112 valence electrons. The molecule has 0 bridgehead atoms. The lowest BCUT2D eigenvalue weighted by molar-refractivity contribution is 0.0946. The maximum Gasteiger partial charge on any atom is 0.165 e. The zero-order chi connectivity index (χ0) is 15.5. The highest BCUT2D eigenvalue weighted by molar-refractivity contribution is 6.10. The first-order valence-corrected chi connectivity index (χ1v) is 7.65. The molecule has 4 nitrogen and oxygen atoms in total. The molecule has 0 saturated carbocycles. The van der Waals surface area contributed by atoms with Crippen LogP contribution < -0.4 is 0 Å². The van der Waals surface area contributed by atoms with Crippen molar-refractivity contribution >= 4 is 16.7 Å². The first-order valence-electron chi connectivity index (χ1n) is 7.65. The Morgan fingerprint density at radius 1 is 1.27 bits per heavy atom. The van der Waals surface area contributed by atoms with Crippen LogP contribution in [0, 0.1) is 6.92 Å². The lowest BCUT2D eigenvalue weighted by Crippen LogP contribution is -2.39. The van der Waals surface area contributed by atoms with E-state index in [2.05, 4.69) is 40.2 Å². The SMILES string of the molecule is Cc1nccn1C1(C)CCC(=O)c2c1n(C)c1ccccc21. The molecule has 3 aromatic rings. The third-order valence-electron chi connectivity index (χ3n) is 5.09. The summed E-state index contributed by atoms with van der Waals surface area (Å²) in [6, 6.07) is 8.17. The van der Waals surface area contributed by atoms with Crippen LogP contribution in [0.5, 0.6) is 0 Å². The van der Waals surface area contributed by atoms with Gasteiger partial charge in [-0.05, 0) is 26.3 Å². The summed E-state index contributed by atoms with van der Waals surface area (Å²) in [4.78, 5) is 17.0. The number of hydrogen-bond donors (Lipinski definition) is 0. The Kier molecular flexibility index (Phi) is 2.61. The van der Waals surface area contributed by atoms with E-state index in [1.165, 1.54) is 0 Å². The van der Waals surface area contributed by atoms with E-state index in [1.807, 2.05) is 31.5 Å². The highest BCUT2D eigenvalue weighted by Gasteiger charge is 2.41. The van der Waals surface area contributed by atoms with Crippen LogP contribution >= 0.6 is 0 Å². The molecule has 2 aromatic heterocycles. The highest BCUT2D eigenvalue weighted by Crippen LogP contribution is 2.43. The van der Waals surface area contributed by atoms with Crippen molar-refractivity contribution < 1.29 is 4.79 Å². The predicted molar refractivity (Wildman–Crippen MR) is 86.2 cm³/mol. The van der Waals surface area contributed by atoms with Gasteiger partial charge in [0.25, 0.3) is 0 Å². The summed E-state index contributed by atoms with van der Waals surface area (Å²) in [6.07, 6.45) is 5.24.